The summed E-state index contributed by atoms with van der Waals surface area (Å²) in [7, 11) is 1.64. The van der Waals surface area contributed by atoms with Gasteiger partial charge in [0.15, 0.2) is 0 Å². The molecule has 1 saturated carbocycles. The molecule has 1 fully saturated rings. The molecule has 0 amide bonds. The molecule has 1 aromatic carbocycles. The van der Waals surface area contributed by atoms with Crippen molar-refractivity contribution in [3.63, 3.8) is 0 Å². The average Bonchev–Trinajstić information content (AvgIpc) is 2.26. The highest BCUT2D eigenvalue weighted by molar-refractivity contribution is 9.10. The summed E-state index contributed by atoms with van der Waals surface area (Å²) in [6.07, 6.45) is 4.59. The molecule has 0 bridgehead atoms. The molecule has 0 radical (unpaired) electrons. The van der Waals surface area contributed by atoms with Crippen LogP contribution >= 0.6 is 15.9 Å². The van der Waals surface area contributed by atoms with Crippen molar-refractivity contribution in [1.29, 1.82) is 0 Å². The Labute approximate surface area is 109 Å². The van der Waals surface area contributed by atoms with Gasteiger partial charge in [0.1, 0.15) is 5.75 Å². The van der Waals surface area contributed by atoms with Gasteiger partial charge in [0.25, 0.3) is 0 Å². The summed E-state index contributed by atoms with van der Waals surface area (Å²) < 4.78 is 6.21. The van der Waals surface area contributed by atoms with E-state index in [9.17, 15) is 4.79 Å². The summed E-state index contributed by atoms with van der Waals surface area (Å²) in [5.41, 5.74) is 1.75. The van der Waals surface area contributed by atoms with Crippen molar-refractivity contribution in [3.8, 4) is 5.75 Å². The highest BCUT2D eigenvalue weighted by atomic mass is 79.9. The van der Waals surface area contributed by atoms with Crippen LogP contribution in [0.3, 0.4) is 0 Å². The van der Waals surface area contributed by atoms with Crippen molar-refractivity contribution in [2.24, 2.45) is 4.99 Å². The van der Waals surface area contributed by atoms with Gasteiger partial charge in [-0.25, -0.2) is 4.79 Å². The van der Waals surface area contributed by atoms with Gasteiger partial charge in [-0.15, -0.1) is 0 Å². The smallest absolute Gasteiger partial charge is 0.235 e. The second kappa shape index (κ2) is 4.63. The number of isocyanates is 1. The van der Waals surface area contributed by atoms with Gasteiger partial charge in [-0.05, 0) is 59.3 Å². The van der Waals surface area contributed by atoms with E-state index in [0.717, 1.165) is 40.6 Å². The van der Waals surface area contributed by atoms with Crippen LogP contribution in [0.1, 0.15) is 30.4 Å². The number of hydrogen-bond donors (Lipinski definition) is 0. The first-order chi connectivity index (χ1) is 8.13. The number of benzene rings is 1. The lowest BCUT2D eigenvalue weighted by molar-refractivity contribution is 0.253. The molecule has 90 valence electrons. The van der Waals surface area contributed by atoms with Gasteiger partial charge in [0.2, 0.25) is 6.08 Å². The zero-order valence-corrected chi connectivity index (χ0v) is 11.5. The Balaban J connectivity index is 2.58. The molecule has 4 heteroatoms. The summed E-state index contributed by atoms with van der Waals surface area (Å²) in [4.78, 5) is 14.6. The Morgan fingerprint density at radius 2 is 2.18 bits per heavy atom. The normalized spacial score (nSPS) is 16.9. The number of ether oxygens (including phenoxy) is 1. The number of halogens is 1. The lowest BCUT2D eigenvalue weighted by Gasteiger charge is -2.38. The first-order valence-electron chi connectivity index (χ1n) is 5.56. The average molecular weight is 296 g/mol. The van der Waals surface area contributed by atoms with Crippen molar-refractivity contribution in [1.82, 2.24) is 0 Å². The van der Waals surface area contributed by atoms with Crippen LogP contribution in [0.15, 0.2) is 21.6 Å². The van der Waals surface area contributed by atoms with E-state index in [1.54, 1.807) is 13.2 Å². The topological polar surface area (TPSA) is 38.7 Å². The van der Waals surface area contributed by atoms with Gasteiger partial charge in [-0.3, -0.25) is 0 Å². The third-order valence-corrected chi connectivity index (χ3v) is 4.16. The van der Waals surface area contributed by atoms with E-state index >= 15 is 0 Å². The van der Waals surface area contributed by atoms with Crippen LogP contribution in [-0.2, 0) is 10.3 Å². The van der Waals surface area contributed by atoms with Crippen LogP contribution in [0, 0.1) is 6.92 Å². The fourth-order valence-electron chi connectivity index (χ4n) is 2.26. The largest absolute Gasteiger partial charge is 0.496 e. The van der Waals surface area contributed by atoms with Crippen LogP contribution < -0.4 is 4.74 Å². The number of hydrogen-bond acceptors (Lipinski definition) is 3. The summed E-state index contributed by atoms with van der Waals surface area (Å²) in [6.45, 7) is 2.01. The first kappa shape index (κ1) is 12.3. The first-order valence-corrected chi connectivity index (χ1v) is 6.36. The molecule has 1 aliphatic rings. The van der Waals surface area contributed by atoms with Crippen LogP contribution in [0.25, 0.3) is 0 Å². The predicted molar refractivity (Wildman–Crippen MR) is 69.1 cm³/mol. The second-order valence-corrected chi connectivity index (χ2v) is 5.21. The fourth-order valence-corrected chi connectivity index (χ4v) is 3.02. The quantitative estimate of drug-likeness (QED) is 0.632. The molecule has 2 rings (SSSR count). The van der Waals surface area contributed by atoms with Gasteiger partial charge in [-0.1, -0.05) is 6.07 Å². The van der Waals surface area contributed by atoms with E-state index in [1.165, 1.54) is 0 Å². The number of aliphatic imine (C=N–C) groups is 1. The van der Waals surface area contributed by atoms with Crippen molar-refractivity contribution in [2.75, 3.05) is 7.11 Å². The zero-order valence-electron chi connectivity index (χ0n) is 9.92. The van der Waals surface area contributed by atoms with Crippen molar-refractivity contribution >= 4 is 22.0 Å². The van der Waals surface area contributed by atoms with E-state index in [0.29, 0.717) is 0 Å². The van der Waals surface area contributed by atoms with Gasteiger partial charge in [0.05, 0.1) is 17.1 Å². The highest BCUT2D eigenvalue weighted by Crippen LogP contribution is 2.49. The van der Waals surface area contributed by atoms with Crippen LogP contribution in [0.5, 0.6) is 5.75 Å². The molecule has 1 aliphatic carbocycles. The van der Waals surface area contributed by atoms with E-state index in [2.05, 4.69) is 27.0 Å². The van der Waals surface area contributed by atoms with Crippen molar-refractivity contribution < 1.29 is 9.53 Å². The minimum Gasteiger partial charge on any atom is -0.496 e. The predicted octanol–water partition coefficient (Wildman–Crippen LogP) is 3.48. The van der Waals surface area contributed by atoms with Gasteiger partial charge >= 0.3 is 0 Å². The maximum absolute atomic E-state index is 10.6. The van der Waals surface area contributed by atoms with E-state index in [1.807, 2.05) is 13.0 Å². The summed E-state index contributed by atoms with van der Waals surface area (Å²) in [5, 5.41) is 0. The van der Waals surface area contributed by atoms with Crippen molar-refractivity contribution in [3.05, 3.63) is 27.7 Å². The molecule has 0 heterocycles. The molecular formula is C13H14BrNO2. The molecule has 0 N–H and O–H groups in total. The Hall–Kier alpha value is -1.12. The Kier molecular flexibility index (Phi) is 3.36. The number of aryl methyl sites for hydroxylation is 1. The minimum absolute atomic E-state index is 0.389. The SMILES string of the molecule is COc1cc(C)cc(C2(N=C=O)CCC2)c1Br. The summed E-state index contributed by atoms with van der Waals surface area (Å²) in [6, 6.07) is 4.02. The third-order valence-electron chi connectivity index (χ3n) is 3.35. The second-order valence-electron chi connectivity index (χ2n) is 4.42. The standard InChI is InChI=1S/C13H14BrNO2/c1-9-6-10(12(14)11(7-9)17-2)13(15-8-16)4-3-5-13/h6-7H,3-5H2,1-2H3. The zero-order chi connectivity index (χ0) is 12.5. The number of rotatable bonds is 3. The summed E-state index contributed by atoms with van der Waals surface area (Å²) in [5.74, 6) is 0.785. The van der Waals surface area contributed by atoms with Crippen LogP contribution in [0.4, 0.5) is 0 Å². The summed E-state index contributed by atoms with van der Waals surface area (Å²) >= 11 is 3.54. The lowest BCUT2D eigenvalue weighted by atomic mass is 9.72. The molecule has 0 atom stereocenters. The van der Waals surface area contributed by atoms with Gasteiger partial charge in [0, 0.05) is 0 Å². The monoisotopic (exact) mass is 295 g/mol. The van der Waals surface area contributed by atoms with E-state index < -0.39 is 0 Å². The van der Waals surface area contributed by atoms with Crippen LogP contribution in [0.2, 0.25) is 0 Å². The molecule has 0 saturated heterocycles. The molecular weight excluding hydrogens is 282 g/mol. The molecule has 0 aliphatic heterocycles. The molecule has 0 unspecified atom stereocenters. The fraction of sp³-hybridized carbons (Fsp3) is 0.462. The molecule has 0 aromatic heterocycles. The van der Waals surface area contributed by atoms with E-state index in [-0.39, 0.29) is 5.54 Å². The lowest BCUT2D eigenvalue weighted by Crippen LogP contribution is -2.32. The van der Waals surface area contributed by atoms with Gasteiger partial charge in [-0.2, -0.15) is 4.99 Å². The molecule has 1 aromatic rings. The maximum atomic E-state index is 10.6. The molecule has 3 nitrogen and oxygen atoms in total. The Bertz CT molecular complexity index is 488. The van der Waals surface area contributed by atoms with Gasteiger partial charge < -0.3 is 4.74 Å². The number of methoxy groups -OCH3 is 1. The Morgan fingerprint density at radius 3 is 2.65 bits per heavy atom. The van der Waals surface area contributed by atoms with E-state index in [4.69, 9.17) is 4.74 Å². The third kappa shape index (κ3) is 2.03. The van der Waals surface area contributed by atoms with Crippen LogP contribution in [-0.4, -0.2) is 13.2 Å². The molecule has 0 spiro atoms. The molecule has 17 heavy (non-hydrogen) atoms. The maximum Gasteiger partial charge on any atom is 0.235 e. The number of nitrogens with zero attached hydrogens (tertiary/aromatic N) is 1. The Morgan fingerprint density at radius 1 is 1.47 bits per heavy atom. The minimum atomic E-state index is -0.389. The number of carbonyl (C=O) groups excluding carboxylic acids is 1. The highest BCUT2D eigenvalue weighted by Gasteiger charge is 2.41. The van der Waals surface area contributed by atoms with Crippen molar-refractivity contribution in [2.45, 2.75) is 31.7 Å².